The zero-order chi connectivity index (χ0) is 28.2. The van der Waals surface area contributed by atoms with Crippen LogP contribution in [0, 0.1) is 5.82 Å². The van der Waals surface area contributed by atoms with Crippen LogP contribution >= 0.6 is 0 Å². The molecule has 0 atom stereocenters. The van der Waals surface area contributed by atoms with Gasteiger partial charge in [-0.05, 0) is 67.8 Å². The molecule has 5 nitrogen and oxygen atoms in total. The lowest BCUT2D eigenvalue weighted by Crippen LogP contribution is -2.46. The minimum atomic E-state index is -4.59. The normalized spacial score (nSPS) is 11.7. The van der Waals surface area contributed by atoms with Crippen molar-refractivity contribution in [3.8, 4) is 0 Å². The summed E-state index contributed by atoms with van der Waals surface area (Å²) in [5, 5.41) is 1.04. The van der Waals surface area contributed by atoms with E-state index in [0.29, 0.717) is 18.5 Å². The number of hydrogen-bond donors (Lipinski definition) is 1. The first-order valence-corrected chi connectivity index (χ1v) is 12.6. The molecular weight excluding hydrogens is 510 g/mol. The van der Waals surface area contributed by atoms with E-state index in [1.54, 1.807) is 30.9 Å². The first-order valence-electron chi connectivity index (χ1n) is 12.6. The highest BCUT2D eigenvalue weighted by atomic mass is 19.4. The monoisotopic (exact) mass is 539 g/mol. The van der Waals surface area contributed by atoms with Crippen molar-refractivity contribution in [2.75, 3.05) is 13.1 Å². The minimum absolute atomic E-state index is 0.143. The number of para-hydroxylation sites is 1. The van der Waals surface area contributed by atoms with Crippen LogP contribution in [0.3, 0.4) is 0 Å². The molecule has 0 spiro atoms. The molecule has 1 heterocycles. The summed E-state index contributed by atoms with van der Waals surface area (Å²) in [7, 11) is 0. The van der Waals surface area contributed by atoms with Gasteiger partial charge in [-0.1, -0.05) is 36.4 Å². The van der Waals surface area contributed by atoms with E-state index in [2.05, 4.69) is 4.98 Å². The molecule has 4 aromatic rings. The summed E-state index contributed by atoms with van der Waals surface area (Å²) in [5.74, 6) is -1.43. The number of halogens is 4. The number of aromatic nitrogens is 1. The standard InChI is InChI=1S/C30H29F4N3O2/c1-20(2)37(29(39)22-6-5-7-24(16-22)30(32,33)34)19-28(38)36(18-21-10-12-25(31)13-11-21)15-14-23-17-35-27-9-4-3-8-26(23)27/h3-13,16-17,20,35H,14-15,18-19H2,1-2H3. The molecule has 2 amide bonds. The summed E-state index contributed by atoms with van der Waals surface area (Å²) in [6.07, 6.45) is -2.17. The fourth-order valence-corrected chi connectivity index (χ4v) is 4.42. The van der Waals surface area contributed by atoms with E-state index in [-0.39, 0.29) is 24.6 Å². The lowest BCUT2D eigenvalue weighted by atomic mass is 10.1. The zero-order valence-corrected chi connectivity index (χ0v) is 21.6. The first-order chi connectivity index (χ1) is 18.5. The number of alkyl halides is 3. The van der Waals surface area contributed by atoms with E-state index in [1.807, 2.05) is 30.5 Å². The molecular formula is C30H29F4N3O2. The second kappa shape index (κ2) is 11.7. The van der Waals surface area contributed by atoms with Crippen molar-refractivity contribution >= 4 is 22.7 Å². The van der Waals surface area contributed by atoms with Crippen molar-refractivity contribution in [2.45, 2.75) is 39.0 Å². The van der Waals surface area contributed by atoms with Crippen LogP contribution in [0.2, 0.25) is 0 Å². The van der Waals surface area contributed by atoms with E-state index >= 15 is 0 Å². The SMILES string of the molecule is CC(C)N(CC(=O)N(CCc1c[nH]c2ccccc12)Cc1ccc(F)cc1)C(=O)c1cccc(C(F)(F)F)c1. The van der Waals surface area contributed by atoms with Crippen molar-refractivity contribution in [2.24, 2.45) is 0 Å². The predicted octanol–water partition coefficient (Wildman–Crippen LogP) is 6.45. The third kappa shape index (κ3) is 6.85. The van der Waals surface area contributed by atoms with Crippen molar-refractivity contribution in [1.29, 1.82) is 0 Å². The Kier molecular flexibility index (Phi) is 8.38. The van der Waals surface area contributed by atoms with Crippen LogP contribution in [0.5, 0.6) is 0 Å². The Balaban J connectivity index is 1.56. The Morgan fingerprint density at radius 1 is 0.949 bits per heavy atom. The highest BCUT2D eigenvalue weighted by Gasteiger charge is 2.32. The van der Waals surface area contributed by atoms with Gasteiger partial charge in [-0.3, -0.25) is 9.59 Å². The maximum Gasteiger partial charge on any atom is 0.416 e. The Labute approximate surface area is 224 Å². The largest absolute Gasteiger partial charge is 0.416 e. The Morgan fingerprint density at radius 3 is 2.36 bits per heavy atom. The summed E-state index contributed by atoms with van der Waals surface area (Å²) >= 11 is 0. The average molecular weight is 540 g/mol. The molecule has 0 saturated carbocycles. The van der Waals surface area contributed by atoms with Gasteiger partial charge in [0, 0.05) is 41.8 Å². The smallest absolute Gasteiger partial charge is 0.361 e. The average Bonchev–Trinajstić information content (AvgIpc) is 3.32. The number of aromatic amines is 1. The van der Waals surface area contributed by atoms with Crippen LogP contribution in [0.25, 0.3) is 10.9 Å². The van der Waals surface area contributed by atoms with Gasteiger partial charge in [-0.15, -0.1) is 0 Å². The van der Waals surface area contributed by atoms with Crippen molar-refractivity contribution in [3.05, 3.63) is 107 Å². The number of nitrogens with zero attached hydrogens (tertiary/aromatic N) is 2. The maximum absolute atomic E-state index is 13.6. The maximum atomic E-state index is 13.6. The lowest BCUT2D eigenvalue weighted by Gasteiger charge is -2.30. The highest BCUT2D eigenvalue weighted by molar-refractivity contribution is 5.97. The van der Waals surface area contributed by atoms with E-state index in [4.69, 9.17) is 0 Å². The van der Waals surface area contributed by atoms with Gasteiger partial charge in [-0.2, -0.15) is 13.2 Å². The Morgan fingerprint density at radius 2 is 1.67 bits per heavy atom. The number of carbonyl (C=O) groups excluding carboxylic acids is 2. The summed E-state index contributed by atoms with van der Waals surface area (Å²) in [5.41, 5.74) is 1.63. The van der Waals surface area contributed by atoms with Crippen molar-refractivity contribution in [1.82, 2.24) is 14.8 Å². The molecule has 9 heteroatoms. The molecule has 39 heavy (non-hydrogen) atoms. The highest BCUT2D eigenvalue weighted by Crippen LogP contribution is 2.30. The second-order valence-corrected chi connectivity index (χ2v) is 9.66. The fourth-order valence-electron chi connectivity index (χ4n) is 4.42. The second-order valence-electron chi connectivity index (χ2n) is 9.66. The molecule has 0 aliphatic rings. The molecule has 3 aromatic carbocycles. The van der Waals surface area contributed by atoms with Gasteiger partial charge in [0.25, 0.3) is 5.91 Å². The molecule has 0 radical (unpaired) electrons. The Bertz CT molecular complexity index is 1440. The van der Waals surface area contributed by atoms with Crippen LogP contribution in [-0.2, 0) is 23.9 Å². The molecule has 1 N–H and O–H groups in total. The number of H-pyrrole nitrogens is 1. The zero-order valence-electron chi connectivity index (χ0n) is 21.6. The molecule has 1 aromatic heterocycles. The first kappa shape index (κ1) is 27.9. The van der Waals surface area contributed by atoms with Crippen LogP contribution in [0.15, 0.2) is 79.0 Å². The van der Waals surface area contributed by atoms with Crippen LogP contribution < -0.4 is 0 Å². The number of fused-ring (bicyclic) bond motifs is 1. The third-order valence-corrected chi connectivity index (χ3v) is 6.59. The molecule has 4 rings (SSSR count). The van der Waals surface area contributed by atoms with E-state index < -0.39 is 29.5 Å². The third-order valence-electron chi connectivity index (χ3n) is 6.59. The minimum Gasteiger partial charge on any atom is -0.361 e. The summed E-state index contributed by atoms with van der Waals surface area (Å²) < 4.78 is 53.2. The number of rotatable bonds is 9. The van der Waals surface area contributed by atoms with Crippen molar-refractivity contribution < 1.29 is 27.2 Å². The number of carbonyl (C=O) groups is 2. The molecule has 0 unspecified atom stereocenters. The molecule has 204 valence electrons. The number of amides is 2. The summed E-state index contributed by atoms with van der Waals surface area (Å²) in [6, 6.07) is 17.4. The number of nitrogens with one attached hydrogen (secondary N) is 1. The van der Waals surface area contributed by atoms with Gasteiger partial charge in [0.15, 0.2) is 0 Å². The lowest BCUT2D eigenvalue weighted by molar-refractivity contribution is -0.137. The van der Waals surface area contributed by atoms with Gasteiger partial charge < -0.3 is 14.8 Å². The number of benzene rings is 3. The molecule has 0 aliphatic carbocycles. The number of hydrogen-bond acceptors (Lipinski definition) is 2. The molecule has 0 saturated heterocycles. The summed E-state index contributed by atoms with van der Waals surface area (Å²) in [6.45, 7) is 3.60. The quantitative estimate of drug-likeness (QED) is 0.249. The molecule has 0 aliphatic heterocycles. The van der Waals surface area contributed by atoms with Crippen LogP contribution in [-0.4, -0.2) is 45.7 Å². The predicted molar refractivity (Wildman–Crippen MR) is 141 cm³/mol. The van der Waals surface area contributed by atoms with Gasteiger partial charge in [0.1, 0.15) is 12.4 Å². The van der Waals surface area contributed by atoms with Crippen LogP contribution in [0.1, 0.15) is 40.9 Å². The van der Waals surface area contributed by atoms with Gasteiger partial charge in [0.05, 0.1) is 5.56 Å². The summed E-state index contributed by atoms with van der Waals surface area (Å²) in [4.78, 5) is 32.9. The van der Waals surface area contributed by atoms with E-state index in [1.165, 1.54) is 29.2 Å². The fraction of sp³-hybridized carbons (Fsp3) is 0.267. The van der Waals surface area contributed by atoms with Gasteiger partial charge in [-0.25, -0.2) is 4.39 Å². The van der Waals surface area contributed by atoms with E-state index in [0.717, 1.165) is 28.6 Å². The van der Waals surface area contributed by atoms with Gasteiger partial charge in [0.2, 0.25) is 5.91 Å². The van der Waals surface area contributed by atoms with Gasteiger partial charge >= 0.3 is 6.18 Å². The topological polar surface area (TPSA) is 56.4 Å². The molecule has 0 fully saturated rings. The van der Waals surface area contributed by atoms with Crippen molar-refractivity contribution in [3.63, 3.8) is 0 Å². The molecule has 0 bridgehead atoms. The van der Waals surface area contributed by atoms with Crippen LogP contribution in [0.4, 0.5) is 17.6 Å². The van der Waals surface area contributed by atoms with E-state index in [9.17, 15) is 27.2 Å². The Hall–Kier alpha value is -4.14.